The molecule has 0 aliphatic heterocycles. The summed E-state index contributed by atoms with van der Waals surface area (Å²) in [5.74, 6) is 0.839. The second-order valence-electron chi connectivity index (χ2n) is 4.76. The topological polar surface area (TPSA) is 85.1 Å². The molecule has 0 saturated carbocycles. The van der Waals surface area contributed by atoms with Gasteiger partial charge in [0.05, 0.1) is 10.9 Å². The lowest BCUT2D eigenvalue weighted by Crippen LogP contribution is -2.20. The maximum atomic E-state index is 11.6. The predicted molar refractivity (Wildman–Crippen MR) is 79.6 cm³/mol. The first-order chi connectivity index (χ1) is 9.95. The van der Waals surface area contributed by atoms with Gasteiger partial charge in [-0.25, -0.2) is 8.42 Å². The van der Waals surface area contributed by atoms with E-state index in [4.69, 9.17) is 4.42 Å². The number of rotatable bonds is 6. The first kappa shape index (κ1) is 15.7. The maximum absolute atomic E-state index is 11.6. The average Bonchev–Trinajstić information content (AvgIpc) is 2.93. The van der Waals surface area contributed by atoms with Crippen LogP contribution in [0.1, 0.15) is 32.2 Å². The Kier molecular flexibility index (Phi) is 4.74. The molecule has 7 heteroatoms. The molecule has 2 aromatic rings. The fourth-order valence-electron chi connectivity index (χ4n) is 2.00. The molecule has 2 rings (SSSR count). The smallest absolute Gasteiger partial charge is 0.247 e. The van der Waals surface area contributed by atoms with Crippen LogP contribution in [0.5, 0.6) is 0 Å². The van der Waals surface area contributed by atoms with Crippen molar-refractivity contribution in [2.45, 2.75) is 31.2 Å². The second-order valence-corrected chi connectivity index (χ2v) is 6.78. The SMILES string of the molecule is CCNC(CC)c1nnc(-c2cccc(S(C)(=O)=O)c2)o1. The number of aromatic nitrogens is 2. The first-order valence-corrected chi connectivity index (χ1v) is 8.72. The van der Waals surface area contributed by atoms with E-state index in [1.807, 2.05) is 13.8 Å². The van der Waals surface area contributed by atoms with E-state index in [0.29, 0.717) is 17.3 Å². The van der Waals surface area contributed by atoms with Crippen molar-refractivity contribution in [3.63, 3.8) is 0 Å². The van der Waals surface area contributed by atoms with Crippen molar-refractivity contribution >= 4 is 9.84 Å². The van der Waals surface area contributed by atoms with E-state index in [1.165, 1.54) is 6.26 Å². The highest BCUT2D eigenvalue weighted by molar-refractivity contribution is 7.90. The van der Waals surface area contributed by atoms with Crippen molar-refractivity contribution in [1.29, 1.82) is 0 Å². The van der Waals surface area contributed by atoms with Crippen molar-refractivity contribution in [2.75, 3.05) is 12.8 Å². The predicted octanol–water partition coefficient (Wildman–Crippen LogP) is 2.20. The summed E-state index contributed by atoms with van der Waals surface area (Å²) in [6.07, 6.45) is 2.00. The Balaban J connectivity index is 2.34. The molecule has 1 aromatic heterocycles. The molecule has 21 heavy (non-hydrogen) atoms. The number of nitrogens with zero attached hydrogens (tertiary/aromatic N) is 2. The van der Waals surface area contributed by atoms with Gasteiger partial charge in [0.25, 0.3) is 0 Å². The van der Waals surface area contributed by atoms with Crippen molar-refractivity contribution in [3.8, 4) is 11.5 Å². The Morgan fingerprint density at radius 3 is 2.67 bits per heavy atom. The molecule has 0 fully saturated rings. The van der Waals surface area contributed by atoms with Gasteiger partial charge in [-0.1, -0.05) is 19.9 Å². The Bertz CT molecular complexity index is 710. The summed E-state index contributed by atoms with van der Waals surface area (Å²) in [7, 11) is -3.26. The van der Waals surface area contributed by atoms with Gasteiger partial charge in [-0.15, -0.1) is 10.2 Å². The highest BCUT2D eigenvalue weighted by atomic mass is 32.2. The van der Waals surface area contributed by atoms with E-state index >= 15 is 0 Å². The van der Waals surface area contributed by atoms with E-state index in [0.717, 1.165) is 13.0 Å². The van der Waals surface area contributed by atoms with Crippen molar-refractivity contribution in [1.82, 2.24) is 15.5 Å². The molecule has 0 bridgehead atoms. The van der Waals surface area contributed by atoms with Crippen LogP contribution in [-0.4, -0.2) is 31.4 Å². The van der Waals surface area contributed by atoms with Gasteiger partial charge in [-0.2, -0.15) is 0 Å². The molecular weight excluding hydrogens is 290 g/mol. The molecule has 0 aliphatic carbocycles. The summed E-state index contributed by atoms with van der Waals surface area (Å²) in [6.45, 7) is 4.84. The van der Waals surface area contributed by atoms with E-state index in [2.05, 4.69) is 15.5 Å². The standard InChI is InChI=1S/C14H19N3O3S/c1-4-12(15-5-2)14-17-16-13(20-14)10-7-6-8-11(9-10)21(3,18)19/h6-9,12,15H,4-5H2,1-3H3. The molecule has 1 unspecified atom stereocenters. The molecule has 0 aliphatic rings. The Morgan fingerprint density at radius 2 is 2.05 bits per heavy atom. The lowest BCUT2D eigenvalue weighted by Gasteiger charge is -2.10. The molecule has 114 valence electrons. The summed E-state index contributed by atoms with van der Waals surface area (Å²) < 4.78 is 28.8. The molecule has 0 radical (unpaired) electrons. The lowest BCUT2D eigenvalue weighted by atomic mass is 10.2. The number of hydrogen-bond acceptors (Lipinski definition) is 6. The molecule has 0 amide bonds. The van der Waals surface area contributed by atoms with E-state index < -0.39 is 9.84 Å². The Labute approximate surface area is 124 Å². The van der Waals surface area contributed by atoms with Gasteiger partial charge < -0.3 is 9.73 Å². The molecule has 0 saturated heterocycles. The number of benzene rings is 1. The first-order valence-electron chi connectivity index (χ1n) is 6.83. The van der Waals surface area contributed by atoms with Gasteiger partial charge in [-0.05, 0) is 31.2 Å². The number of hydrogen-bond donors (Lipinski definition) is 1. The summed E-state index contributed by atoms with van der Waals surface area (Å²) in [5.41, 5.74) is 0.600. The zero-order valence-electron chi connectivity index (χ0n) is 12.3. The third kappa shape index (κ3) is 3.68. The Morgan fingerprint density at radius 1 is 1.29 bits per heavy atom. The molecule has 1 atom stereocenters. The van der Waals surface area contributed by atoms with E-state index in [-0.39, 0.29) is 10.9 Å². The highest BCUT2D eigenvalue weighted by Gasteiger charge is 2.17. The highest BCUT2D eigenvalue weighted by Crippen LogP contribution is 2.24. The van der Waals surface area contributed by atoms with E-state index in [1.54, 1.807) is 24.3 Å². The fraction of sp³-hybridized carbons (Fsp3) is 0.429. The minimum absolute atomic E-state index is 0.00865. The fourth-order valence-corrected chi connectivity index (χ4v) is 2.67. The zero-order valence-corrected chi connectivity index (χ0v) is 13.1. The normalized spacial score (nSPS) is 13.3. The van der Waals surface area contributed by atoms with Crippen molar-refractivity contribution in [3.05, 3.63) is 30.2 Å². The largest absolute Gasteiger partial charge is 0.419 e. The maximum Gasteiger partial charge on any atom is 0.247 e. The van der Waals surface area contributed by atoms with Crippen molar-refractivity contribution in [2.24, 2.45) is 0 Å². The molecule has 1 N–H and O–H groups in total. The van der Waals surface area contributed by atoms with Crippen LogP contribution in [0.15, 0.2) is 33.6 Å². The van der Waals surface area contributed by atoms with Crippen LogP contribution >= 0.6 is 0 Å². The van der Waals surface area contributed by atoms with Gasteiger partial charge in [0.2, 0.25) is 11.8 Å². The third-order valence-corrected chi connectivity index (χ3v) is 4.22. The summed E-state index contributed by atoms with van der Waals surface area (Å²) >= 11 is 0. The summed E-state index contributed by atoms with van der Waals surface area (Å²) in [6, 6.07) is 6.51. The van der Waals surface area contributed by atoms with Crippen LogP contribution in [0.25, 0.3) is 11.5 Å². The molecular formula is C14H19N3O3S. The third-order valence-electron chi connectivity index (χ3n) is 3.11. The average molecular weight is 309 g/mol. The van der Waals surface area contributed by atoms with Gasteiger partial charge in [-0.3, -0.25) is 0 Å². The van der Waals surface area contributed by atoms with Gasteiger partial charge in [0, 0.05) is 11.8 Å². The monoisotopic (exact) mass is 309 g/mol. The molecule has 6 nitrogen and oxygen atoms in total. The lowest BCUT2D eigenvalue weighted by molar-refractivity contribution is 0.402. The molecule has 1 heterocycles. The zero-order chi connectivity index (χ0) is 15.5. The van der Waals surface area contributed by atoms with Crippen LogP contribution in [0.3, 0.4) is 0 Å². The van der Waals surface area contributed by atoms with Crippen LogP contribution in [-0.2, 0) is 9.84 Å². The van der Waals surface area contributed by atoms with Crippen LogP contribution in [0.4, 0.5) is 0 Å². The van der Waals surface area contributed by atoms with Crippen LogP contribution in [0.2, 0.25) is 0 Å². The van der Waals surface area contributed by atoms with E-state index in [9.17, 15) is 8.42 Å². The van der Waals surface area contributed by atoms with Crippen LogP contribution in [0, 0.1) is 0 Å². The van der Waals surface area contributed by atoms with Crippen LogP contribution < -0.4 is 5.32 Å². The van der Waals surface area contributed by atoms with Gasteiger partial charge in [0.1, 0.15) is 0 Å². The molecule has 1 aromatic carbocycles. The summed E-state index contributed by atoms with van der Waals surface area (Å²) in [4.78, 5) is 0.235. The quantitative estimate of drug-likeness (QED) is 0.880. The van der Waals surface area contributed by atoms with Crippen molar-refractivity contribution < 1.29 is 12.8 Å². The number of sulfone groups is 1. The Hall–Kier alpha value is -1.73. The minimum atomic E-state index is -3.26. The van der Waals surface area contributed by atoms with Gasteiger partial charge in [0.15, 0.2) is 9.84 Å². The summed E-state index contributed by atoms with van der Waals surface area (Å²) in [5, 5.41) is 11.3. The minimum Gasteiger partial charge on any atom is -0.419 e. The van der Waals surface area contributed by atoms with Gasteiger partial charge >= 0.3 is 0 Å². The number of nitrogens with one attached hydrogen (secondary N) is 1. The second kappa shape index (κ2) is 6.36. The molecule has 0 spiro atoms.